The standard InChI is InChI=1S/C51H44N4O2P2/c1-31-23-33(3)50(56-58(52-27-34(4)38-15-8-11-20-46(38)52)53-28-35(5)39-16-9-12-21-47(39)53)44(24-31)45-26-32(2)25-43-42-19-14-18-41-37(7)30-55(49(41)42)59(57-51(43)45)54-29-36(6)40-17-10-13-22-48(40)54/h8-30H,1-7H3. The first-order valence-corrected chi connectivity index (χ1v) is 22.5. The van der Waals surface area contributed by atoms with E-state index in [-0.39, 0.29) is 0 Å². The van der Waals surface area contributed by atoms with E-state index >= 15 is 0 Å². The van der Waals surface area contributed by atoms with Crippen LogP contribution in [-0.4, -0.2) is 17.2 Å². The van der Waals surface area contributed by atoms with Gasteiger partial charge in [-0.25, -0.2) is 0 Å². The van der Waals surface area contributed by atoms with Crippen LogP contribution in [0.5, 0.6) is 5.75 Å². The zero-order chi connectivity index (χ0) is 40.3. The molecule has 290 valence electrons. The monoisotopic (exact) mass is 806 g/mol. The van der Waals surface area contributed by atoms with E-state index in [1.54, 1.807) is 0 Å². The number of rotatable bonds is 6. The van der Waals surface area contributed by atoms with Crippen molar-refractivity contribution in [2.24, 2.45) is 0 Å². The number of hydrogen-bond acceptors (Lipinski definition) is 2. The highest BCUT2D eigenvalue weighted by Crippen LogP contribution is 2.52. The Hall–Kier alpha value is -6.19. The van der Waals surface area contributed by atoms with Crippen molar-refractivity contribution < 1.29 is 8.72 Å². The fraction of sp³-hybridized carbons (Fsp3) is 0.137. The van der Waals surface area contributed by atoms with Gasteiger partial charge in [0.15, 0.2) is 0 Å². The van der Waals surface area contributed by atoms with Crippen LogP contribution >= 0.6 is 16.5 Å². The van der Waals surface area contributed by atoms with Gasteiger partial charge in [-0.15, -0.1) is 0 Å². The first-order valence-electron chi connectivity index (χ1n) is 20.2. The van der Waals surface area contributed by atoms with Crippen molar-refractivity contribution in [3.63, 3.8) is 0 Å². The lowest BCUT2D eigenvalue weighted by Crippen LogP contribution is -2.07. The van der Waals surface area contributed by atoms with Gasteiger partial charge in [0.25, 0.3) is 0 Å². The summed E-state index contributed by atoms with van der Waals surface area (Å²) in [7, 11) is -2.90. The fourth-order valence-electron chi connectivity index (χ4n) is 9.29. The van der Waals surface area contributed by atoms with Gasteiger partial charge in [-0.2, -0.15) is 0 Å². The van der Waals surface area contributed by atoms with Crippen molar-refractivity contribution in [3.05, 3.63) is 179 Å². The summed E-state index contributed by atoms with van der Waals surface area (Å²) in [5.41, 5.74) is 15.9. The molecule has 0 saturated carbocycles. The SMILES string of the molecule is Cc1cc(C)c(OP(n2cc(C)c3ccccc32)n2cc(C)c3ccccc32)c(-c2cc(C)cc3c2op(-n2cc(C)c4ccccc42)n2cc(C)c4cccc3c42)c1. The van der Waals surface area contributed by atoms with Gasteiger partial charge in [-0.3, -0.25) is 17.2 Å². The summed E-state index contributed by atoms with van der Waals surface area (Å²) in [6.07, 6.45) is 9.08. The molecule has 0 amide bonds. The summed E-state index contributed by atoms with van der Waals surface area (Å²) in [6, 6.07) is 41.8. The molecular formula is C51H44N4O2P2. The van der Waals surface area contributed by atoms with E-state index in [2.05, 4.69) is 206 Å². The molecule has 11 aromatic rings. The summed E-state index contributed by atoms with van der Waals surface area (Å²) in [5, 5.41) is 7.20. The van der Waals surface area contributed by atoms with E-state index in [9.17, 15) is 0 Å². The maximum Gasteiger partial charge on any atom is 0.318 e. The summed E-state index contributed by atoms with van der Waals surface area (Å²) in [6.45, 7) is 15.4. The van der Waals surface area contributed by atoms with E-state index in [4.69, 9.17) is 8.72 Å². The lowest BCUT2D eigenvalue weighted by molar-refractivity contribution is 0.592. The van der Waals surface area contributed by atoms with Crippen LogP contribution in [0.15, 0.2) is 144 Å². The molecule has 6 nitrogen and oxygen atoms in total. The highest BCUT2D eigenvalue weighted by atomic mass is 31.2. The van der Waals surface area contributed by atoms with Gasteiger partial charge in [-0.1, -0.05) is 78.9 Å². The molecule has 0 fully saturated rings. The molecule has 0 radical (unpaired) electrons. The third-order valence-corrected chi connectivity index (χ3v) is 15.5. The predicted octanol–water partition coefficient (Wildman–Crippen LogP) is 15.1. The molecule has 59 heavy (non-hydrogen) atoms. The van der Waals surface area contributed by atoms with Crippen LogP contribution in [0, 0.1) is 48.5 Å². The third-order valence-electron chi connectivity index (χ3n) is 12.0. The number of benzene rings is 6. The maximum absolute atomic E-state index is 7.69. The summed E-state index contributed by atoms with van der Waals surface area (Å²) in [5.74, 6) is 0.855. The smallest absolute Gasteiger partial charge is 0.318 e. The number of para-hydroxylation sites is 4. The Morgan fingerprint density at radius 3 is 1.68 bits per heavy atom. The van der Waals surface area contributed by atoms with E-state index < -0.39 is 16.5 Å². The number of fused-ring (bicyclic) bond motifs is 5. The Labute approximate surface area is 345 Å². The second-order valence-electron chi connectivity index (χ2n) is 16.2. The number of aromatic nitrogens is 4. The van der Waals surface area contributed by atoms with E-state index in [1.807, 2.05) is 0 Å². The Bertz CT molecular complexity index is 3450. The molecule has 5 aromatic heterocycles. The van der Waals surface area contributed by atoms with Gasteiger partial charge in [0, 0.05) is 68.2 Å². The molecule has 0 bridgehead atoms. The van der Waals surface area contributed by atoms with Crippen molar-refractivity contribution in [1.82, 2.24) is 17.2 Å². The van der Waals surface area contributed by atoms with Gasteiger partial charge in [-0.05, 0) is 124 Å². The number of hydrogen-bond donors (Lipinski definition) is 0. The van der Waals surface area contributed by atoms with Gasteiger partial charge in [0.2, 0.25) is 8.08 Å². The van der Waals surface area contributed by atoms with E-state index in [1.165, 1.54) is 60.3 Å². The molecule has 0 aliphatic carbocycles. The van der Waals surface area contributed by atoms with Crippen LogP contribution in [0.25, 0.3) is 71.1 Å². The van der Waals surface area contributed by atoms with Crippen molar-refractivity contribution >= 4 is 76.5 Å². The largest absolute Gasteiger partial charge is 0.435 e. The van der Waals surface area contributed by atoms with Gasteiger partial charge >= 0.3 is 8.45 Å². The molecule has 1 atom stereocenters. The van der Waals surface area contributed by atoms with Crippen LogP contribution in [0.4, 0.5) is 0 Å². The van der Waals surface area contributed by atoms with Crippen LogP contribution in [0.2, 0.25) is 0 Å². The third kappa shape index (κ3) is 5.50. The van der Waals surface area contributed by atoms with Crippen molar-refractivity contribution in [1.29, 1.82) is 0 Å². The molecule has 5 heterocycles. The van der Waals surface area contributed by atoms with Crippen LogP contribution in [0.1, 0.15) is 38.9 Å². The summed E-state index contributed by atoms with van der Waals surface area (Å²) < 4.78 is 24.8. The highest BCUT2D eigenvalue weighted by Gasteiger charge is 2.27. The lowest BCUT2D eigenvalue weighted by Gasteiger charge is -2.25. The minimum atomic E-state index is -1.48. The molecule has 0 spiro atoms. The van der Waals surface area contributed by atoms with Crippen molar-refractivity contribution in [3.8, 4) is 16.9 Å². The van der Waals surface area contributed by atoms with Gasteiger partial charge in [0.05, 0.1) is 22.1 Å². The first kappa shape index (κ1) is 35.9. The summed E-state index contributed by atoms with van der Waals surface area (Å²) >= 11 is 0. The maximum atomic E-state index is 7.69. The second kappa shape index (κ2) is 13.4. The molecule has 0 N–H and O–H groups in total. The van der Waals surface area contributed by atoms with Crippen LogP contribution < -0.4 is 4.52 Å². The zero-order valence-corrected chi connectivity index (χ0v) is 36.1. The quantitative estimate of drug-likeness (QED) is 0.157. The lowest BCUT2D eigenvalue weighted by atomic mass is 9.95. The Morgan fingerprint density at radius 1 is 0.475 bits per heavy atom. The minimum absolute atomic E-state index is 0.855. The Morgan fingerprint density at radius 2 is 1.00 bits per heavy atom. The predicted molar refractivity (Wildman–Crippen MR) is 250 cm³/mol. The van der Waals surface area contributed by atoms with Crippen LogP contribution in [0.3, 0.4) is 0 Å². The molecule has 1 unspecified atom stereocenters. The van der Waals surface area contributed by atoms with Crippen molar-refractivity contribution in [2.75, 3.05) is 0 Å². The number of aryl methyl sites for hydroxylation is 7. The molecule has 0 saturated heterocycles. The topological polar surface area (TPSA) is 41.6 Å². The normalized spacial score (nSPS) is 12.4. The molecular weight excluding hydrogens is 763 g/mol. The molecule has 0 aliphatic heterocycles. The average Bonchev–Trinajstić information content (AvgIpc) is 3.95. The highest BCUT2D eigenvalue weighted by molar-refractivity contribution is 7.50. The van der Waals surface area contributed by atoms with Gasteiger partial charge < -0.3 is 8.72 Å². The zero-order valence-electron chi connectivity index (χ0n) is 34.3. The van der Waals surface area contributed by atoms with Crippen molar-refractivity contribution in [2.45, 2.75) is 48.5 Å². The van der Waals surface area contributed by atoms with Crippen LogP contribution in [-0.2, 0) is 0 Å². The molecule has 8 heteroatoms. The fourth-order valence-corrected chi connectivity index (χ4v) is 13.4. The summed E-state index contributed by atoms with van der Waals surface area (Å²) in [4.78, 5) is 0. The van der Waals surface area contributed by atoms with Gasteiger partial charge in [0.1, 0.15) is 11.3 Å². The van der Waals surface area contributed by atoms with E-state index in [0.29, 0.717) is 0 Å². The first-order chi connectivity index (χ1) is 28.6. The van der Waals surface area contributed by atoms with E-state index in [0.717, 1.165) is 55.5 Å². The Balaban J connectivity index is 1.23. The molecule has 0 aliphatic rings. The molecule has 6 aromatic carbocycles. The average molecular weight is 807 g/mol. The minimum Gasteiger partial charge on any atom is -0.435 e. The second-order valence-corrected chi connectivity index (χ2v) is 19.3. The molecule has 11 rings (SSSR count). The Kier molecular flexibility index (Phi) is 8.18. The number of nitrogens with zero attached hydrogens (tertiary/aromatic N) is 4.